The van der Waals surface area contributed by atoms with Crippen molar-refractivity contribution in [1.29, 1.82) is 0 Å². The van der Waals surface area contributed by atoms with Crippen molar-refractivity contribution in [3.05, 3.63) is 52.1 Å². The molecule has 2 aromatic heterocycles. The van der Waals surface area contributed by atoms with E-state index in [-0.39, 0.29) is 29.6 Å². The maximum absolute atomic E-state index is 12.2. The molecule has 0 aliphatic heterocycles. The highest BCUT2D eigenvalue weighted by Crippen LogP contribution is 2.16. The van der Waals surface area contributed by atoms with Crippen LogP contribution in [0.2, 0.25) is 0 Å². The van der Waals surface area contributed by atoms with Gasteiger partial charge in [0, 0.05) is 19.0 Å². The summed E-state index contributed by atoms with van der Waals surface area (Å²) in [5.74, 6) is 0.697. The van der Waals surface area contributed by atoms with Crippen LogP contribution in [0.1, 0.15) is 25.2 Å². The monoisotopic (exact) mass is 356 g/mol. The van der Waals surface area contributed by atoms with Gasteiger partial charge in [0.05, 0.1) is 12.6 Å². The van der Waals surface area contributed by atoms with Crippen molar-refractivity contribution in [3.63, 3.8) is 0 Å². The highest BCUT2D eigenvalue weighted by molar-refractivity contribution is 5.71. The number of aliphatic hydroxyl groups is 1. The van der Waals surface area contributed by atoms with Crippen molar-refractivity contribution in [2.75, 3.05) is 12.3 Å². The maximum atomic E-state index is 12.2. The third kappa shape index (κ3) is 4.09. The Morgan fingerprint density at radius 2 is 2.00 bits per heavy atom. The van der Waals surface area contributed by atoms with Crippen LogP contribution in [0.4, 0.5) is 5.95 Å². The zero-order valence-electron chi connectivity index (χ0n) is 14.9. The molecule has 8 heteroatoms. The second-order valence-corrected chi connectivity index (χ2v) is 6.64. The summed E-state index contributed by atoms with van der Waals surface area (Å²) < 4.78 is 1.78. The molecule has 3 rings (SSSR count). The molecule has 2 heterocycles. The molecular formula is C18H24N6O2. The van der Waals surface area contributed by atoms with Crippen molar-refractivity contribution in [2.45, 2.75) is 39.0 Å². The highest BCUT2D eigenvalue weighted by Gasteiger charge is 2.18. The Bertz CT molecular complexity index is 932. The van der Waals surface area contributed by atoms with Crippen molar-refractivity contribution in [3.8, 4) is 0 Å². The zero-order chi connectivity index (χ0) is 18.7. The van der Waals surface area contributed by atoms with Gasteiger partial charge in [0.2, 0.25) is 5.95 Å². The first kappa shape index (κ1) is 18.1. The molecule has 26 heavy (non-hydrogen) atoms. The van der Waals surface area contributed by atoms with Crippen molar-refractivity contribution >= 4 is 17.1 Å². The average molecular weight is 356 g/mol. The smallest absolute Gasteiger partial charge is 0.280 e. The first-order chi connectivity index (χ1) is 12.4. The Balaban J connectivity index is 1.99. The lowest BCUT2D eigenvalue weighted by molar-refractivity contribution is 0.149. The minimum absolute atomic E-state index is 0.0321. The number of benzene rings is 1. The molecule has 3 aromatic rings. The number of anilines is 1. The number of hydrogen-bond donors (Lipinski definition) is 4. The van der Waals surface area contributed by atoms with Crippen molar-refractivity contribution in [1.82, 2.24) is 24.8 Å². The molecule has 0 amide bonds. The summed E-state index contributed by atoms with van der Waals surface area (Å²) >= 11 is 0. The summed E-state index contributed by atoms with van der Waals surface area (Å²) in [6.07, 6.45) is -0.118. The van der Waals surface area contributed by atoms with Crippen LogP contribution in [0.15, 0.2) is 35.1 Å². The fraction of sp³-hybridized carbons (Fsp3) is 0.389. The predicted octanol–water partition coefficient (Wildman–Crippen LogP) is 0.651. The molecule has 0 radical (unpaired) electrons. The van der Waals surface area contributed by atoms with Gasteiger partial charge in [0.1, 0.15) is 5.82 Å². The number of aliphatic hydroxyl groups excluding tert-OH is 1. The number of nitrogen functional groups attached to an aromatic ring is 1. The molecule has 0 aliphatic rings. The van der Waals surface area contributed by atoms with Crippen LogP contribution in [0.3, 0.4) is 0 Å². The molecular weight excluding hydrogens is 332 g/mol. The van der Waals surface area contributed by atoms with Gasteiger partial charge in [-0.2, -0.15) is 4.98 Å². The lowest BCUT2D eigenvalue weighted by atomic mass is 10.1. The molecule has 0 bridgehead atoms. The Morgan fingerprint density at radius 1 is 1.27 bits per heavy atom. The second-order valence-electron chi connectivity index (χ2n) is 6.64. The number of fused-ring (bicyclic) bond motifs is 1. The van der Waals surface area contributed by atoms with E-state index in [0.717, 1.165) is 5.56 Å². The van der Waals surface area contributed by atoms with E-state index in [9.17, 15) is 9.90 Å². The molecule has 1 atom stereocenters. The SMILES string of the molecule is CC(C)NCC(O)Cn1c(Cc2ccccc2)nc2c(=O)[nH]c(N)nc21. The summed E-state index contributed by atoms with van der Waals surface area (Å²) in [5, 5.41) is 13.6. The van der Waals surface area contributed by atoms with E-state index < -0.39 is 6.10 Å². The van der Waals surface area contributed by atoms with E-state index in [4.69, 9.17) is 5.73 Å². The predicted molar refractivity (Wildman–Crippen MR) is 101 cm³/mol. The standard InChI is InChI=1S/C18H24N6O2/c1-11(2)20-9-13(25)10-24-14(8-12-6-4-3-5-7-12)21-15-16(24)22-18(19)23-17(15)26/h3-7,11,13,20,25H,8-10H2,1-2H3,(H3,19,22,23,26). The van der Waals surface area contributed by atoms with Gasteiger partial charge in [0.15, 0.2) is 11.2 Å². The van der Waals surface area contributed by atoms with E-state index in [0.29, 0.717) is 24.4 Å². The van der Waals surface area contributed by atoms with Gasteiger partial charge in [-0.25, -0.2) is 4.98 Å². The number of aromatic amines is 1. The molecule has 8 nitrogen and oxygen atoms in total. The number of H-pyrrole nitrogens is 1. The fourth-order valence-electron chi connectivity index (χ4n) is 2.82. The maximum Gasteiger partial charge on any atom is 0.280 e. The quantitative estimate of drug-likeness (QED) is 0.493. The fourth-order valence-corrected chi connectivity index (χ4v) is 2.82. The van der Waals surface area contributed by atoms with Crippen LogP contribution in [0, 0.1) is 0 Å². The number of rotatable bonds is 7. The van der Waals surface area contributed by atoms with E-state index in [1.807, 2.05) is 44.2 Å². The van der Waals surface area contributed by atoms with Gasteiger partial charge < -0.3 is 20.7 Å². The summed E-state index contributed by atoms with van der Waals surface area (Å²) in [6, 6.07) is 10.1. The average Bonchev–Trinajstić information content (AvgIpc) is 2.92. The van der Waals surface area contributed by atoms with Crippen LogP contribution in [-0.2, 0) is 13.0 Å². The zero-order valence-corrected chi connectivity index (χ0v) is 14.9. The minimum Gasteiger partial charge on any atom is -0.390 e. The van der Waals surface area contributed by atoms with Crippen LogP contribution in [-0.4, -0.2) is 43.3 Å². The summed E-state index contributed by atoms with van der Waals surface area (Å²) in [5.41, 5.74) is 7.00. The number of nitrogens with one attached hydrogen (secondary N) is 2. The van der Waals surface area contributed by atoms with Crippen LogP contribution < -0.4 is 16.6 Å². The largest absolute Gasteiger partial charge is 0.390 e. The molecule has 1 aromatic carbocycles. The first-order valence-electron chi connectivity index (χ1n) is 8.64. The van der Waals surface area contributed by atoms with Crippen molar-refractivity contribution < 1.29 is 5.11 Å². The molecule has 0 aliphatic carbocycles. The van der Waals surface area contributed by atoms with Gasteiger partial charge in [-0.05, 0) is 5.56 Å². The van der Waals surface area contributed by atoms with Gasteiger partial charge in [0.25, 0.3) is 5.56 Å². The topological polar surface area (TPSA) is 122 Å². The molecule has 0 fully saturated rings. The molecule has 138 valence electrons. The Morgan fingerprint density at radius 3 is 2.69 bits per heavy atom. The normalized spacial score (nSPS) is 12.8. The summed E-state index contributed by atoms with van der Waals surface area (Å²) in [7, 11) is 0. The lowest BCUT2D eigenvalue weighted by Gasteiger charge is -2.16. The Labute approximate surface area is 151 Å². The van der Waals surface area contributed by atoms with E-state index in [2.05, 4.69) is 20.3 Å². The van der Waals surface area contributed by atoms with E-state index in [1.54, 1.807) is 4.57 Å². The molecule has 0 saturated carbocycles. The highest BCUT2D eigenvalue weighted by atomic mass is 16.3. The minimum atomic E-state index is -0.647. The van der Waals surface area contributed by atoms with Crippen molar-refractivity contribution in [2.24, 2.45) is 0 Å². The number of aromatic nitrogens is 4. The van der Waals surface area contributed by atoms with Crippen LogP contribution in [0.25, 0.3) is 11.2 Å². The van der Waals surface area contributed by atoms with Crippen LogP contribution >= 0.6 is 0 Å². The molecule has 0 saturated heterocycles. The third-order valence-corrected chi connectivity index (χ3v) is 4.06. The van der Waals surface area contributed by atoms with Gasteiger partial charge >= 0.3 is 0 Å². The van der Waals surface area contributed by atoms with Gasteiger partial charge in [-0.1, -0.05) is 44.2 Å². The molecule has 0 spiro atoms. The van der Waals surface area contributed by atoms with E-state index >= 15 is 0 Å². The number of imidazole rings is 1. The third-order valence-electron chi connectivity index (χ3n) is 4.06. The summed E-state index contributed by atoms with van der Waals surface area (Å²) in [4.78, 5) is 23.4. The van der Waals surface area contributed by atoms with Gasteiger partial charge in [-0.3, -0.25) is 9.78 Å². The van der Waals surface area contributed by atoms with E-state index in [1.165, 1.54) is 0 Å². The van der Waals surface area contributed by atoms with Gasteiger partial charge in [-0.15, -0.1) is 0 Å². The number of hydrogen-bond acceptors (Lipinski definition) is 6. The number of nitrogens with two attached hydrogens (primary N) is 1. The second kappa shape index (κ2) is 7.67. The van der Waals surface area contributed by atoms with Crippen LogP contribution in [0.5, 0.6) is 0 Å². The first-order valence-corrected chi connectivity index (χ1v) is 8.64. The summed E-state index contributed by atoms with van der Waals surface area (Å²) in [6.45, 7) is 4.74. The molecule has 5 N–H and O–H groups in total. The molecule has 1 unspecified atom stereocenters. The lowest BCUT2D eigenvalue weighted by Crippen LogP contribution is -2.34. The number of nitrogens with zero attached hydrogens (tertiary/aromatic N) is 3. The Hall–Kier alpha value is -2.71. The Kier molecular flexibility index (Phi) is 5.34.